The van der Waals surface area contributed by atoms with Gasteiger partial charge in [-0.1, -0.05) is 23.2 Å². The molecule has 20 heavy (non-hydrogen) atoms. The predicted octanol–water partition coefficient (Wildman–Crippen LogP) is 5.00. The van der Waals surface area contributed by atoms with Gasteiger partial charge in [0.15, 0.2) is 0 Å². The van der Waals surface area contributed by atoms with Crippen molar-refractivity contribution < 1.29 is 0 Å². The van der Waals surface area contributed by atoms with Crippen LogP contribution in [0.3, 0.4) is 0 Å². The average molecular weight is 312 g/mol. The summed E-state index contributed by atoms with van der Waals surface area (Å²) in [6.07, 6.45) is 0. The third-order valence-corrected chi connectivity index (χ3v) is 4.04. The van der Waals surface area contributed by atoms with Crippen molar-refractivity contribution in [3.8, 4) is 0 Å². The monoisotopic (exact) mass is 311 g/mol. The summed E-state index contributed by atoms with van der Waals surface area (Å²) >= 11 is 12.2. The highest BCUT2D eigenvalue weighted by Gasteiger charge is 2.17. The molecule has 0 saturated carbocycles. The summed E-state index contributed by atoms with van der Waals surface area (Å²) in [6, 6.07) is 5.54. The number of nitrogens with one attached hydrogen (secondary N) is 1. The van der Waals surface area contributed by atoms with Gasteiger partial charge in [-0.15, -0.1) is 0 Å². The largest absolute Gasteiger partial charge is 0.377 e. The Labute approximate surface area is 129 Å². The van der Waals surface area contributed by atoms with Crippen LogP contribution in [-0.4, -0.2) is 9.78 Å². The van der Waals surface area contributed by atoms with Crippen molar-refractivity contribution in [1.29, 1.82) is 0 Å². The van der Waals surface area contributed by atoms with Crippen LogP contribution in [0.2, 0.25) is 10.0 Å². The molecule has 5 heteroatoms. The van der Waals surface area contributed by atoms with Crippen molar-refractivity contribution in [2.24, 2.45) is 0 Å². The zero-order valence-electron chi connectivity index (χ0n) is 12.2. The number of aryl methyl sites for hydroxylation is 2. The molecule has 0 radical (unpaired) electrons. The van der Waals surface area contributed by atoms with Gasteiger partial charge in [0.1, 0.15) is 0 Å². The highest BCUT2D eigenvalue weighted by molar-refractivity contribution is 6.35. The van der Waals surface area contributed by atoms with Crippen LogP contribution in [0.5, 0.6) is 0 Å². The summed E-state index contributed by atoms with van der Waals surface area (Å²) in [7, 11) is 0. The topological polar surface area (TPSA) is 29.9 Å². The Bertz CT molecular complexity index is 620. The molecule has 0 amide bonds. The molecule has 1 N–H and O–H groups in total. The maximum Gasteiger partial charge on any atom is 0.0649 e. The molecule has 3 nitrogen and oxygen atoms in total. The molecule has 0 aliphatic heterocycles. The van der Waals surface area contributed by atoms with Crippen LogP contribution in [0, 0.1) is 13.8 Å². The molecule has 0 aliphatic rings. The molecule has 1 atom stereocenters. The van der Waals surface area contributed by atoms with E-state index in [2.05, 4.69) is 31.2 Å². The molecule has 1 heterocycles. The van der Waals surface area contributed by atoms with E-state index < -0.39 is 0 Å². The molecule has 1 aromatic carbocycles. The lowest BCUT2D eigenvalue weighted by Crippen LogP contribution is -2.09. The quantitative estimate of drug-likeness (QED) is 0.861. The van der Waals surface area contributed by atoms with Crippen LogP contribution in [-0.2, 0) is 6.54 Å². The van der Waals surface area contributed by atoms with Gasteiger partial charge < -0.3 is 5.32 Å². The number of nitrogens with zero attached hydrogens (tertiary/aromatic N) is 2. The summed E-state index contributed by atoms with van der Waals surface area (Å²) in [5.74, 6) is 0. The second-order valence-corrected chi connectivity index (χ2v) is 5.73. The van der Waals surface area contributed by atoms with Gasteiger partial charge in [0.2, 0.25) is 0 Å². The summed E-state index contributed by atoms with van der Waals surface area (Å²) in [5, 5.41) is 9.30. The number of hydrogen-bond donors (Lipinski definition) is 1. The van der Waals surface area contributed by atoms with Gasteiger partial charge in [0.05, 0.1) is 22.4 Å². The van der Waals surface area contributed by atoms with Gasteiger partial charge in [0, 0.05) is 22.8 Å². The first-order valence-corrected chi connectivity index (χ1v) is 7.45. The molecule has 2 rings (SSSR count). The molecular formula is C15H19Cl2N3. The predicted molar refractivity (Wildman–Crippen MR) is 85.9 cm³/mol. The summed E-state index contributed by atoms with van der Waals surface area (Å²) in [6.45, 7) is 9.20. The van der Waals surface area contributed by atoms with Crippen molar-refractivity contribution >= 4 is 28.9 Å². The maximum atomic E-state index is 6.20. The normalized spacial score (nSPS) is 12.5. The van der Waals surface area contributed by atoms with Gasteiger partial charge in [-0.3, -0.25) is 4.68 Å². The van der Waals surface area contributed by atoms with Crippen molar-refractivity contribution in [1.82, 2.24) is 9.78 Å². The van der Waals surface area contributed by atoms with Crippen molar-refractivity contribution in [2.45, 2.75) is 40.3 Å². The van der Waals surface area contributed by atoms with Crippen LogP contribution in [0.4, 0.5) is 5.69 Å². The van der Waals surface area contributed by atoms with Crippen LogP contribution < -0.4 is 5.32 Å². The highest BCUT2D eigenvalue weighted by Crippen LogP contribution is 2.30. The molecule has 2 aromatic rings. The van der Waals surface area contributed by atoms with Crippen LogP contribution in [0.15, 0.2) is 18.2 Å². The second-order valence-electron chi connectivity index (χ2n) is 4.89. The fourth-order valence-electron chi connectivity index (χ4n) is 2.56. The lowest BCUT2D eigenvalue weighted by molar-refractivity contribution is 0.632. The summed E-state index contributed by atoms with van der Waals surface area (Å²) in [4.78, 5) is 0. The number of rotatable bonds is 4. The standard InChI is InChI=1S/C15H19Cl2N3/c1-5-20-11(4)15(10(3)19-20)9(2)18-14-8-12(16)6-7-13(14)17/h6-9,18H,5H2,1-4H3. The van der Waals surface area contributed by atoms with Crippen LogP contribution in [0.1, 0.15) is 36.8 Å². The lowest BCUT2D eigenvalue weighted by atomic mass is 10.1. The first-order chi connectivity index (χ1) is 9.43. The summed E-state index contributed by atoms with van der Waals surface area (Å²) < 4.78 is 2.02. The minimum Gasteiger partial charge on any atom is -0.377 e. The minimum absolute atomic E-state index is 0.117. The number of hydrogen-bond acceptors (Lipinski definition) is 2. The van der Waals surface area contributed by atoms with E-state index in [0.29, 0.717) is 10.0 Å². The van der Waals surface area contributed by atoms with E-state index >= 15 is 0 Å². The number of halogens is 2. The van der Waals surface area contributed by atoms with Gasteiger partial charge in [-0.05, 0) is 45.9 Å². The second kappa shape index (κ2) is 6.06. The zero-order chi connectivity index (χ0) is 14.9. The van der Waals surface area contributed by atoms with E-state index in [1.165, 1.54) is 11.3 Å². The molecular weight excluding hydrogens is 293 g/mol. The van der Waals surface area contributed by atoms with Crippen LogP contribution >= 0.6 is 23.2 Å². The van der Waals surface area contributed by atoms with Crippen molar-refractivity contribution in [3.63, 3.8) is 0 Å². The minimum atomic E-state index is 0.117. The molecule has 0 fully saturated rings. The molecule has 0 aliphatic carbocycles. The van der Waals surface area contributed by atoms with E-state index in [0.717, 1.165) is 17.9 Å². The van der Waals surface area contributed by atoms with E-state index in [4.69, 9.17) is 23.2 Å². The number of anilines is 1. The Balaban J connectivity index is 2.30. The van der Waals surface area contributed by atoms with E-state index in [1.54, 1.807) is 12.1 Å². The molecule has 0 spiro atoms. The number of aromatic nitrogens is 2. The third kappa shape index (κ3) is 2.94. The van der Waals surface area contributed by atoms with Gasteiger partial charge in [-0.25, -0.2) is 0 Å². The first kappa shape index (κ1) is 15.2. The molecule has 1 aromatic heterocycles. The number of benzene rings is 1. The van der Waals surface area contributed by atoms with Crippen molar-refractivity contribution in [2.75, 3.05) is 5.32 Å². The van der Waals surface area contributed by atoms with Gasteiger partial charge in [0.25, 0.3) is 0 Å². The Kier molecular flexibility index (Phi) is 4.61. The maximum absolute atomic E-state index is 6.20. The summed E-state index contributed by atoms with van der Waals surface area (Å²) in [5.41, 5.74) is 4.28. The lowest BCUT2D eigenvalue weighted by Gasteiger charge is -2.17. The Hall–Kier alpha value is -1.19. The Morgan fingerprint density at radius 3 is 2.60 bits per heavy atom. The Morgan fingerprint density at radius 2 is 2.00 bits per heavy atom. The smallest absolute Gasteiger partial charge is 0.0649 e. The fraction of sp³-hybridized carbons (Fsp3) is 0.400. The third-order valence-electron chi connectivity index (χ3n) is 3.47. The first-order valence-electron chi connectivity index (χ1n) is 6.69. The molecule has 108 valence electrons. The van der Waals surface area contributed by atoms with E-state index in [9.17, 15) is 0 Å². The average Bonchev–Trinajstić information content (AvgIpc) is 2.68. The van der Waals surface area contributed by atoms with Gasteiger partial charge in [-0.2, -0.15) is 5.10 Å². The zero-order valence-corrected chi connectivity index (χ0v) is 13.7. The van der Waals surface area contributed by atoms with Crippen LogP contribution in [0.25, 0.3) is 0 Å². The fourth-order valence-corrected chi connectivity index (χ4v) is 2.90. The van der Waals surface area contributed by atoms with Gasteiger partial charge >= 0.3 is 0 Å². The SMILES string of the molecule is CCn1nc(C)c(C(C)Nc2cc(Cl)ccc2Cl)c1C. The highest BCUT2D eigenvalue weighted by atomic mass is 35.5. The van der Waals surface area contributed by atoms with E-state index in [1.807, 2.05) is 17.7 Å². The van der Waals surface area contributed by atoms with Crippen molar-refractivity contribution in [3.05, 3.63) is 45.2 Å². The molecule has 1 unspecified atom stereocenters. The Morgan fingerprint density at radius 1 is 1.30 bits per heavy atom. The van der Waals surface area contributed by atoms with E-state index in [-0.39, 0.29) is 6.04 Å². The molecule has 0 bridgehead atoms. The molecule has 0 saturated heterocycles.